The van der Waals surface area contributed by atoms with Gasteiger partial charge in [0.25, 0.3) is 0 Å². The minimum atomic E-state index is -4.53. The lowest BCUT2D eigenvalue weighted by Crippen LogP contribution is -2.49. The van der Waals surface area contributed by atoms with Gasteiger partial charge in [0, 0.05) is 18.7 Å². The number of alkyl halides is 3. The summed E-state index contributed by atoms with van der Waals surface area (Å²) >= 11 is 0. The largest absolute Gasteiger partial charge is 0.480 e. The van der Waals surface area contributed by atoms with E-state index in [1.54, 1.807) is 17.6 Å². The summed E-state index contributed by atoms with van der Waals surface area (Å²) < 4.78 is 58.0. The van der Waals surface area contributed by atoms with E-state index in [0.29, 0.717) is 30.6 Å². The van der Waals surface area contributed by atoms with Crippen LogP contribution < -0.4 is 26.0 Å². The first-order valence-corrected chi connectivity index (χ1v) is 15.2. The lowest BCUT2D eigenvalue weighted by Gasteiger charge is -2.30. The van der Waals surface area contributed by atoms with E-state index in [1.165, 1.54) is 14.2 Å². The van der Waals surface area contributed by atoms with E-state index >= 15 is 0 Å². The number of benzene rings is 2. The van der Waals surface area contributed by atoms with Gasteiger partial charge in [0.1, 0.15) is 24.9 Å². The Bertz CT molecular complexity index is 1450. The highest BCUT2D eigenvalue weighted by Gasteiger charge is 2.34. The Morgan fingerprint density at radius 3 is 2.23 bits per heavy atom. The molecule has 0 bridgehead atoms. The van der Waals surface area contributed by atoms with Crippen LogP contribution in [-0.4, -0.2) is 88.0 Å². The van der Waals surface area contributed by atoms with E-state index in [2.05, 4.69) is 20.9 Å². The molecule has 2 heterocycles. The fourth-order valence-electron chi connectivity index (χ4n) is 5.24. The van der Waals surface area contributed by atoms with Gasteiger partial charge >= 0.3 is 18.4 Å². The second kappa shape index (κ2) is 17.3. The van der Waals surface area contributed by atoms with Crippen molar-refractivity contribution in [3.8, 4) is 5.88 Å². The van der Waals surface area contributed by atoms with Crippen LogP contribution in [0.3, 0.4) is 0 Å². The number of nitrogens with one attached hydrogen (secondary N) is 4. The van der Waals surface area contributed by atoms with Crippen LogP contribution in [0.15, 0.2) is 72.9 Å². The van der Waals surface area contributed by atoms with Gasteiger partial charge < -0.3 is 40.2 Å². The average molecular weight is 674 g/mol. The molecule has 1 fully saturated rings. The van der Waals surface area contributed by atoms with Crippen LogP contribution >= 0.6 is 0 Å². The molecule has 0 unspecified atom stereocenters. The molecule has 0 aliphatic carbocycles. The van der Waals surface area contributed by atoms with E-state index in [1.807, 2.05) is 60.7 Å². The van der Waals surface area contributed by atoms with Crippen LogP contribution in [0, 0.1) is 0 Å². The average Bonchev–Trinajstić information content (AvgIpc) is 3.10. The van der Waals surface area contributed by atoms with Crippen LogP contribution in [0.25, 0.3) is 0 Å². The summed E-state index contributed by atoms with van der Waals surface area (Å²) in [5.41, 5.74) is 2.64. The van der Waals surface area contributed by atoms with Crippen molar-refractivity contribution in [3.05, 3.63) is 89.6 Å². The second-order valence-electron chi connectivity index (χ2n) is 10.9. The number of amides is 3. The van der Waals surface area contributed by atoms with Gasteiger partial charge in [-0.3, -0.25) is 4.79 Å². The zero-order valence-corrected chi connectivity index (χ0v) is 26.4. The number of pyridine rings is 1. The summed E-state index contributed by atoms with van der Waals surface area (Å²) in [4.78, 5) is 42.5. The minimum Gasteiger partial charge on any atom is -0.480 e. The zero-order chi connectivity index (χ0) is 34.5. The molecule has 48 heavy (non-hydrogen) atoms. The van der Waals surface area contributed by atoms with Crippen LogP contribution in [0.5, 0.6) is 5.88 Å². The third-order valence-corrected chi connectivity index (χ3v) is 7.59. The number of aryl methyl sites for hydroxylation is 1. The standard InChI is InChI=1S/C33H38F3N5O7/c1-45-30-27(23(15-16-37-30)13-14-25-17-38-24(18-47-25)19-48-31(43)39-20-33(34,35)36)40-29(42)28(41-32(44)46-2)26(21-9-5-3-6-10-21)22-11-7-4-8-12-22/h3-12,15-16,24-26,28,38H,13-14,17-20H2,1-2H3,(H,39,43)(H,40,42)(H,41,44)/t24-,25+,28-/m0/s1. The zero-order valence-electron chi connectivity index (χ0n) is 26.4. The third-order valence-electron chi connectivity index (χ3n) is 7.59. The van der Waals surface area contributed by atoms with Crippen molar-refractivity contribution in [2.75, 3.05) is 45.8 Å². The first-order valence-electron chi connectivity index (χ1n) is 15.2. The van der Waals surface area contributed by atoms with Crippen molar-refractivity contribution in [1.29, 1.82) is 0 Å². The number of nitrogens with zero attached hydrogens (tertiary/aromatic N) is 1. The molecule has 1 aliphatic heterocycles. The van der Waals surface area contributed by atoms with Gasteiger partial charge in [-0.05, 0) is 35.6 Å². The van der Waals surface area contributed by atoms with E-state index in [4.69, 9.17) is 18.9 Å². The quantitative estimate of drug-likeness (QED) is 0.210. The van der Waals surface area contributed by atoms with Crippen molar-refractivity contribution in [2.24, 2.45) is 0 Å². The number of carbonyl (C=O) groups is 3. The topological polar surface area (TPSA) is 149 Å². The van der Waals surface area contributed by atoms with E-state index < -0.39 is 48.8 Å². The number of morpholine rings is 1. The monoisotopic (exact) mass is 673 g/mol. The van der Waals surface area contributed by atoms with Gasteiger partial charge in [-0.15, -0.1) is 0 Å². The summed E-state index contributed by atoms with van der Waals surface area (Å²) in [5.74, 6) is -0.923. The highest BCUT2D eigenvalue weighted by Crippen LogP contribution is 2.32. The number of rotatable bonds is 13. The molecule has 3 atom stereocenters. The molecule has 1 saturated heterocycles. The first kappa shape index (κ1) is 36.0. The van der Waals surface area contributed by atoms with Gasteiger partial charge in [0.15, 0.2) is 0 Å². The van der Waals surface area contributed by atoms with Gasteiger partial charge in [0.05, 0.1) is 33.0 Å². The molecular weight excluding hydrogens is 635 g/mol. The van der Waals surface area contributed by atoms with Crippen LogP contribution in [0.4, 0.5) is 28.4 Å². The fourth-order valence-corrected chi connectivity index (χ4v) is 5.24. The highest BCUT2D eigenvalue weighted by atomic mass is 19.4. The second-order valence-corrected chi connectivity index (χ2v) is 10.9. The third kappa shape index (κ3) is 10.6. The Morgan fingerprint density at radius 1 is 1.00 bits per heavy atom. The normalized spacial score (nSPS) is 16.8. The maximum Gasteiger partial charge on any atom is 0.407 e. The number of halogens is 3. The molecule has 12 nitrogen and oxygen atoms in total. The summed E-state index contributed by atoms with van der Waals surface area (Å²) in [6, 6.07) is 18.9. The molecule has 0 spiro atoms. The molecule has 4 N–H and O–H groups in total. The van der Waals surface area contributed by atoms with Gasteiger partial charge in [0.2, 0.25) is 11.8 Å². The highest BCUT2D eigenvalue weighted by molar-refractivity contribution is 5.99. The lowest BCUT2D eigenvalue weighted by atomic mass is 9.84. The Labute approximate surface area is 275 Å². The van der Waals surface area contributed by atoms with Gasteiger partial charge in [-0.1, -0.05) is 60.7 Å². The Morgan fingerprint density at radius 2 is 1.67 bits per heavy atom. The van der Waals surface area contributed by atoms with Gasteiger partial charge in [-0.2, -0.15) is 13.2 Å². The Kier molecular flexibility index (Phi) is 13.0. The maximum atomic E-state index is 14.1. The molecule has 258 valence electrons. The van der Waals surface area contributed by atoms with E-state index in [0.717, 1.165) is 11.1 Å². The molecule has 4 rings (SSSR count). The predicted octanol–water partition coefficient (Wildman–Crippen LogP) is 4.16. The number of methoxy groups -OCH3 is 2. The van der Waals surface area contributed by atoms with Crippen molar-refractivity contribution in [3.63, 3.8) is 0 Å². The number of hydrogen-bond acceptors (Lipinski definition) is 9. The number of carbonyl (C=O) groups excluding carboxylic acids is 3. The van der Waals surface area contributed by atoms with Crippen LogP contribution in [0.1, 0.15) is 29.0 Å². The van der Waals surface area contributed by atoms with Crippen LogP contribution in [-0.2, 0) is 25.4 Å². The molecule has 15 heteroatoms. The number of alkyl carbamates (subject to hydrolysis) is 2. The SMILES string of the molecule is COC(=O)N[C@H](C(=O)Nc1c(CC[C@@H]2CN[C@H](COC(=O)NCC(F)(F)F)CO2)ccnc1OC)C(c1ccccc1)c1ccccc1. The molecule has 2 aromatic carbocycles. The van der Waals surface area contributed by atoms with E-state index in [9.17, 15) is 27.6 Å². The van der Waals surface area contributed by atoms with Crippen molar-refractivity contribution in [1.82, 2.24) is 20.9 Å². The predicted molar refractivity (Wildman–Crippen MR) is 169 cm³/mol. The summed E-state index contributed by atoms with van der Waals surface area (Å²) in [5, 5.41) is 10.5. The number of anilines is 1. The lowest BCUT2D eigenvalue weighted by molar-refractivity contribution is -0.124. The van der Waals surface area contributed by atoms with Crippen molar-refractivity contribution < 1.29 is 46.5 Å². The molecule has 1 aromatic heterocycles. The first-order chi connectivity index (χ1) is 23.1. The summed E-state index contributed by atoms with van der Waals surface area (Å²) in [6.07, 6.45) is -4.22. The summed E-state index contributed by atoms with van der Waals surface area (Å²) in [6.45, 7) is -1.08. The number of ether oxygens (including phenoxy) is 4. The fraction of sp³-hybridized carbons (Fsp3) is 0.394. The molecule has 3 amide bonds. The molecule has 3 aromatic rings. The van der Waals surface area contributed by atoms with Crippen molar-refractivity contribution >= 4 is 23.8 Å². The molecule has 1 aliphatic rings. The molecule has 0 radical (unpaired) electrons. The Balaban J connectivity index is 1.44. The number of hydrogen-bond donors (Lipinski definition) is 4. The van der Waals surface area contributed by atoms with Gasteiger partial charge in [-0.25, -0.2) is 14.6 Å². The molecule has 0 saturated carbocycles. The van der Waals surface area contributed by atoms with Crippen molar-refractivity contribution in [2.45, 2.75) is 43.1 Å². The smallest absolute Gasteiger partial charge is 0.407 e. The van der Waals surface area contributed by atoms with E-state index in [-0.39, 0.29) is 25.2 Å². The molecular formula is C33H38F3N5O7. The van der Waals surface area contributed by atoms with Crippen LogP contribution in [0.2, 0.25) is 0 Å². The minimum absolute atomic E-state index is 0.165. The summed E-state index contributed by atoms with van der Waals surface area (Å²) in [7, 11) is 2.65. The number of aromatic nitrogens is 1. The maximum absolute atomic E-state index is 14.1. The Hall–Kier alpha value is -4.89.